The number of anilines is 1. The highest BCUT2D eigenvalue weighted by Crippen LogP contribution is 2.30. The van der Waals surface area contributed by atoms with E-state index in [9.17, 15) is 9.59 Å². The molecule has 0 saturated carbocycles. The quantitative estimate of drug-likeness (QED) is 0.521. The molecule has 0 radical (unpaired) electrons. The third-order valence-corrected chi connectivity index (χ3v) is 6.43. The van der Waals surface area contributed by atoms with Gasteiger partial charge in [-0.2, -0.15) is 0 Å². The third kappa shape index (κ3) is 7.60. The molecule has 11 heteroatoms. The fourth-order valence-corrected chi connectivity index (χ4v) is 4.52. The molecule has 182 valence electrons. The Balaban J connectivity index is 1.65. The Morgan fingerprint density at radius 1 is 1.30 bits per heavy atom. The van der Waals surface area contributed by atoms with Gasteiger partial charge in [-0.3, -0.25) is 4.79 Å². The molecule has 0 aliphatic carbocycles. The van der Waals surface area contributed by atoms with E-state index < -0.39 is 11.6 Å². The second-order valence-corrected chi connectivity index (χ2v) is 10.9. The van der Waals surface area contributed by atoms with Crippen molar-refractivity contribution in [1.82, 2.24) is 20.4 Å². The number of piperidine rings is 1. The monoisotopic (exact) mass is 497 g/mol. The molecule has 1 aliphatic heterocycles. The highest BCUT2D eigenvalue weighted by Gasteiger charge is 2.31. The summed E-state index contributed by atoms with van der Waals surface area (Å²) in [5, 5.41) is 14.3. The Morgan fingerprint density at radius 3 is 2.64 bits per heavy atom. The molecule has 3 heterocycles. The number of nitrogens with one attached hydrogen (secondary N) is 2. The van der Waals surface area contributed by atoms with Crippen LogP contribution in [0.1, 0.15) is 75.0 Å². The van der Waals surface area contributed by atoms with Crippen molar-refractivity contribution in [3.63, 3.8) is 0 Å². The molecule has 3 rings (SSSR count). The van der Waals surface area contributed by atoms with E-state index in [1.54, 1.807) is 17.0 Å². The first-order chi connectivity index (χ1) is 15.6. The number of halogens is 1. The van der Waals surface area contributed by atoms with Crippen LogP contribution in [0.25, 0.3) is 0 Å². The van der Waals surface area contributed by atoms with E-state index in [4.69, 9.17) is 20.8 Å². The maximum Gasteiger partial charge on any atom is 0.410 e. The highest BCUT2D eigenvalue weighted by molar-refractivity contribution is 7.18. The zero-order chi connectivity index (χ0) is 24.0. The maximum atomic E-state index is 12.8. The van der Waals surface area contributed by atoms with Crippen LogP contribution in [0.2, 0.25) is 4.34 Å². The Morgan fingerprint density at radius 2 is 2.03 bits per heavy atom. The van der Waals surface area contributed by atoms with E-state index >= 15 is 0 Å². The lowest BCUT2D eigenvalue weighted by molar-refractivity contribution is 0.0177. The lowest BCUT2D eigenvalue weighted by atomic mass is 9.90. The van der Waals surface area contributed by atoms with Crippen molar-refractivity contribution in [2.45, 2.75) is 65.0 Å². The van der Waals surface area contributed by atoms with Gasteiger partial charge in [0.25, 0.3) is 5.91 Å². The number of hydrogen-bond donors (Lipinski definition) is 2. The van der Waals surface area contributed by atoms with Crippen LogP contribution in [-0.4, -0.2) is 52.3 Å². The molecule has 33 heavy (non-hydrogen) atoms. The molecule has 2 N–H and O–H groups in total. The fourth-order valence-electron chi connectivity index (χ4n) is 3.58. The van der Waals surface area contributed by atoms with Gasteiger partial charge in [0, 0.05) is 19.6 Å². The Hall–Kier alpha value is -2.33. The highest BCUT2D eigenvalue weighted by atomic mass is 35.5. The van der Waals surface area contributed by atoms with Crippen LogP contribution in [-0.2, 0) is 4.74 Å². The van der Waals surface area contributed by atoms with E-state index in [1.165, 1.54) is 11.3 Å². The molecule has 1 fully saturated rings. The molecule has 9 nitrogen and oxygen atoms in total. The van der Waals surface area contributed by atoms with E-state index in [0.717, 1.165) is 25.8 Å². The number of hydrogen-bond acceptors (Lipinski definition) is 8. The number of carbonyl (C=O) groups excluding carboxylic acids is 2. The summed E-state index contributed by atoms with van der Waals surface area (Å²) in [6.45, 7) is 9.56. The molecule has 1 unspecified atom stereocenters. The minimum absolute atomic E-state index is 0.232. The van der Waals surface area contributed by atoms with E-state index in [0.29, 0.717) is 40.6 Å². The van der Waals surface area contributed by atoms with Crippen molar-refractivity contribution >= 4 is 41.0 Å². The molecule has 1 saturated heterocycles. The molecular formula is C22H32ClN5O4S. The normalized spacial score (nSPS) is 15.8. The molecular weight excluding hydrogens is 466 g/mol. The van der Waals surface area contributed by atoms with Crippen LogP contribution >= 0.6 is 22.9 Å². The van der Waals surface area contributed by atoms with Crippen LogP contribution in [0.3, 0.4) is 0 Å². The minimum Gasteiger partial charge on any atom is -0.444 e. The van der Waals surface area contributed by atoms with Crippen LogP contribution in [0.15, 0.2) is 16.5 Å². The molecule has 0 spiro atoms. The number of nitrogens with zero attached hydrogens (tertiary/aromatic N) is 3. The van der Waals surface area contributed by atoms with Crippen LogP contribution in [0, 0.1) is 5.92 Å². The Kier molecular flexibility index (Phi) is 8.58. The number of amides is 2. The second kappa shape index (κ2) is 11.2. The van der Waals surface area contributed by atoms with Gasteiger partial charge in [-0.05, 0) is 64.5 Å². The van der Waals surface area contributed by atoms with Crippen molar-refractivity contribution < 1.29 is 18.7 Å². The number of ether oxygens (including phenoxy) is 1. The smallest absolute Gasteiger partial charge is 0.410 e. The van der Waals surface area contributed by atoms with Crippen molar-refractivity contribution in [3.05, 3.63) is 27.2 Å². The lowest BCUT2D eigenvalue weighted by Gasteiger charge is -2.34. The number of rotatable bonds is 8. The summed E-state index contributed by atoms with van der Waals surface area (Å²) >= 11 is 7.21. The van der Waals surface area contributed by atoms with Crippen molar-refractivity contribution in [3.8, 4) is 0 Å². The summed E-state index contributed by atoms with van der Waals surface area (Å²) < 4.78 is 11.8. The van der Waals surface area contributed by atoms with Crippen molar-refractivity contribution in [2.75, 3.05) is 25.0 Å². The topological polar surface area (TPSA) is 110 Å². The Labute approximate surface area is 203 Å². The average molecular weight is 498 g/mol. The van der Waals surface area contributed by atoms with Crippen LogP contribution < -0.4 is 10.6 Å². The maximum absolute atomic E-state index is 12.8. The number of likely N-dealkylation sites (tertiary alicyclic amines) is 1. The lowest BCUT2D eigenvalue weighted by Crippen LogP contribution is -2.42. The van der Waals surface area contributed by atoms with Crippen molar-refractivity contribution in [2.24, 2.45) is 5.92 Å². The summed E-state index contributed by atoms with van der Waals surface area (Å²) in [6, 6.07) is 3.29. The fraction of sp³-hybridized carbons (Fsp3) is 0.636. The third-order valence-electron chi connectivity index (χ3n) is 5.20. The zero-order valence-electron chi connectivity index (χ0n) is 19.5. The summed E-state index contributed by atoms with van der Waals surface area (Å²) in [7, 11) is 0. The number of carbonyl (C=O) groups is 2. The molecule has 2 aromatic rings. The van der Waals surface area contributed by atoms with E-state index in [1.807, 2.05) is 27.7 Å². The first kappa shape index (κ1) is 25.3. The van der Waals surface area contributed by atoms with Gasteiger partial charge in [-0.1, -0.05) is 23.6 Å². The van der Waals surface area contributed by atoms with Crippen LogP contribution in [0.5, 0.6) is 0 Å². The number of thiophene rings is 1. The van der Waals surface area contributed by atoms with Gasteiger partial charge in [-0.15, -0.1) is 16.4 Å². The standard InChI is InChI=1S/C22H32ClN5O4S/c1-5-10-24-20-27-26-19(31-20)15(25-18(29)16-6-7-17(23)33-16)13-14-8-11-28(12-9-14)21(30)32-22(2,3)4/h6-7,14-15H,5,8-13H2,1-4H3,(H,24,27)(H,25,29). The van der Waals surface area contributed by atoms with Crippen LogP contribution in [0.4, 0.5) is 10.8 Å². The second-order valence-electron chi connectivity index (χ2n) is 9.15. The first-order valence-electron chi connectivity index (χ1n) is 11.3. The summed E-state index contributed by atoms with van der Waals surface area (Å²) in [6.07, 6.45) is 2.86. The predicted octanol–water partition coefficient (Wildman–Crippen LogP) is 5.11. The van der Waals surface area contributed by atoms with Gasteiger partial charge in [0.1, 0.15) is 11.6 Å². The van der Waals surface area contributed by atoms with E-state index in [2.05, 4.69) is 20.8 Å². The summed E-state index contributed by atoms with van der Waals surface area (Å²) in [5.41, 5.74) is -0.518. The summed E-state index contributed by atoms with van der Waals surface area (Å²) in [4.78, 5) is 27.4. The van der Waals surface area contributed by atoms with Gasteiger partial charge < -0.3 is 24.7 Å². The van der Waals surface area contributed by atoms with Gasteiger partial charge >= 0.3 is 12.1 Å². The Bertz CT molecular complexity index is 933. The molecule has 0 aromatic carbocycles. The van der Waals surface area contributed by atoms with Gasteiger partial charge in [0.05, 0.1) is 9.21 Å². The van der Waals surface area contributed by atoms with Gasteiger partial charge in [-0.25, -0.2) is 4.79 Å². The first-order valence-corrected chi connectivity index (χ1v) is 12.5. The molecule has 1 aliphatic rings. The molecule has 0 bridgehead atoms. The number of aromatic nitrogens is 2. The van der Waals surface area contributed by atoms with Gasteiger partial charge in [0.15, 0.2) is 0 Å². The SMILES string of the molecule is CCCNc1nnc(C(CC2CCN(C(=O)OC(C)(C)C)CC2)NC(=O)c2ccc(Cl)s2)o1. The summed E-state index contributed by atoms with van der Waals surface area (Å²) in [5.74, 6) is 0.406. The molecule has 2 amide bonds. The minimum atomic E-state index is -0.518. The van der Waals surface area contributed by atoms with E-state index in [-0.39, 0.29) is 17.9 Å². The predicted molar refractivity (Wildman–Crippen MR) is 128 cm³/mol. The molecule has 2 aromatic heterocycles. The zero-order valence-corrected chi connectivity index (χ0v) is 21.1. The molecule has 1 atom stereocenters. The largest absolute Gasteiger partial charge is 0.444 e. The van der Waals surface area contributed by atoms with Crippen molar-refractivity contribution in [1.29, 1.82) is 0 Å². The average Bonchev–Trinajstić information content (AvgIpc) is 3.40. The van der Waals surface area contributed by atoms with Gasteiger partial charge in [0.2, 0.25) is 5.89 Å².